The first-order chi connectivity index (χ1) is 7.67. The predicted molar refractivity (Wildman–Crippen MR) is 61.2 cm³/mol. The summed E-state index contributed by atoms with van der Waals surface area (Å²) in [5.74, 6) is -0.294. The predicted octanol–water partition coefficient (Wildman–Crippen LogP) is 1.72. The molecule has 0 bridgehead atoms. The number of nitrogens with zero attached hydrogens (tertiary/aromatic N) is 1. The minimum atomic E-state index is -0.294. The zero-order chi connectivity index (χ0) is 12.0. The van der Waals surface area contributed by atoms with Crippen LogP contribution in [-0.2, 0) is 9.53 Å². The van der Waals surface area contributed by atoms with Crippen molar-refractivity contribution >= 4 is 17.7 Å². The van der Waals surface area contributed by atoms with Gasteiger partial charge in [0.15, 0.2) is 0 Å². The fourth-order valence-electron chi connectivity index (χ4n) is 1.16. The SMILES string of the molecule is COC(=O)CC=Cc1ccc(C#N)c(N)c1. The van der Waals surface area contributed by atoms with E-state index in [1.54, 1.807) is 30.4 Å². The Labute approximate surface area is 93.9 Å². The molecule has 0 aliphatic heterocycles. The van der Waals surface area contributed by atoms with E-state index in [4.69, 9.17) is 11.0 Å². The normalized spacial score (nSPS) is 10.0. The fourth-order valence-corrected chi connectivity index (χ4v) is 1.16. The van der Waals surface area contributed by atoms with E-state index in [1.165, 1.54) is 7.11 Å². The maximum atomic E-state index is 10.8. The van der Waals surface area contributed by atoms with Crippen molar-refractivity contribution in [3.63, 3.8) is 0 Å². The van der Waals surface area contributed by atoms with Gasteiger partial charge in [0.1, 0.15) is 6.07 Å². The quantitative estimate of drug-likeness (QED) is 0.616. The van der Waals surface area contributed by atoms with Crippen molar-refractivity contribution in [1.82, 2.24) is 0 Å². The molecule has 4 nitrogen and oxygen atoms in total. The van der Waals surface area contributed by atoms with Gasteiger partial charge in [0.05, 0.1) is 24.8 Å². The number of rotatable bonds is 3. The molecule has 0 saturated heterocycles. The molecule has 1 rings (SSSR count). The molecule has 0 atom stereocenters. The van der Waals surface area contributed by atoms with Crippen LogP contribution in [-0.4, -0.2) is 13.1 Å². The average molecular weight is 216 g/mol. The van der Waals surface area contributed by atoms with Crippen molar-refractivity contribution in [3.05, 3.63) is 35.4 Å². The average Bonchev–Trinajstić information content (AvgIpc) is 2.29. The van der Waals surface area contributed by atoms with Crippen molar-refractivity contribution in [2.45, 2.75) is 6.42 Å². The van der Waals surface area contributed by atoms with Gasteiger partial charge in [-0.3, -0.25) is 4.79 Å². The highest BCUT2D eigenvalue weighted by molar-refractivity contribution is 5.73. The first-order valence-electron chi connectivity index (χ1n) is 4.70. The van der Waals surface area contributed by atoms with Gasteiger partial charge in [0.25, 0.3) is 0 Å². The topological polar surface area (TPSA) is 76.1 Å². The van der Waals surface area contributed by atoms with Crippen LogP contribution in [0.5, 0.6) is 0 Å². The minimum Gasteiger partial charge on any atom is -0.469 e. The van der Waals surface area contributed by atoms with E-state index in [0.29, 0.717) is 11.3 Å². The first-order valence-corrected chi connectivity index (χ1v) is 4.70. The Balaban J connectivity index is 2.72. The zero-order valence-corrected chi connectivity index (χ0v) is 8.93. The maximum absolute atomic E-state index is 10.8. The number of esters is 1. The van der Waals surface area contributed by atoms with Crippen molar-refractivity contribution in [1.29, 1.82) is 5.26 Å². The standard InChI is InChI=1S/C12H12N2O2/c1-16-12(15)4-2-3-9-5-6-10(8-13)11(14)7-9/h2-3,5-7H,4,14H2,1H3. The third kappa shape index (κ3) is 3.14. The molecule has 0 amide bonds. The minimum absolute atomic E-state index is 0.219. The molecule has 1 aromatic carbocycles. The lowest BCUT2D eigenvalue weighted by molar-refractivity contribution is -0.139. The second-order valence-corrected chi connectivity index (χ2v) is 3.14. The monoisotopic (exact) mass is 216 g/mol. The smallest absolute Gasteiger partial charge is 0.309 e. The van der Waals surface area contributed by atoms with E-state index in [1.807, 2.05) is 6.07 Å². The van der Waals surface area contributed by atoms with Crippen molar-refractivity contribution in [3.8, 4) is 6.07 Å². The third-order valence-corrected chi connectivity index (χ3v) is 2.02. The molecule has 0 heterocycles. The van der Waals surface area contributed by atoms with Crippen LogP contribution in [0.1, 0.15) is 17.5 Å². The van der Waals surface area contributed by atoms with Gasteiger partial charge in [-0.05, 0) is 17.7 Å². The number of nitriles is 1. The summed E-state index contributed by atoms with van der Waals surface area (Å²) in [6.45, 7) is 0. The highest BCUT2D eigenvalue weighted by atomic mass is 16.5. The van der Waals surface area contributed by atoms with Crippen LogP contribution in [0, 0.1) is 11.3 Å². The molecule has 0 aliphatic rings. The highest BCUT2D eigenvalue weighted by Gasteiger charge is 1.98. The molecule has 0 unspecified atom stereocenters. The van der Waals surface area contributed by atoms with Gasteiger partial charge in [0, 0.05) is 0 Å². The number of hydrogen-bond donors (Lipinski definition) is 1. The Morgan fingerprint density at radius 2 is 2.38 bits per heavy atom. The number of hydrogen-bond acceptors (Lipinski definition) is 4. The van der Waals surface area contributed by atoms with Crippen LogP contribution in [0.4, 0.5) is 5.69 Å². The number of nitrogen functional groups attached to an aromatic ring is 1. The summed E-state index contributed by atoms with van der Waals surface area (Å²) in [6.07, 6.45) is 3.66. The number of carbonyl (C=O) groups is 1. The van der Waals surface area contributed by atoms with Crippen LogP contribution in [0.15, 0.2) is 24.3 Å². The number of ether oxygens (including phenoxy) is 1. The highest BCUT2D eigenvalue weighted by Crippen LogP contribution is 2.14. The Hall–Kier alpha value is -2.28. The summed E-state index contributed by atoms with van der Waals surface area (Å²) in [5, 5.41) is 8.68. The molecule has 0 aliphatic carbocycles. The Morgan fingerprint density at radius 3 is 2.94 bits per heavy atom. The molecular formula is C12H12N2O2. The molecule has 0 saturated carbocycles. The zero-order valence-electron chi connectivity index (χ0n) is 8.93. The van der Waals surface area contributed by atoms with Crippen molar-refractivity contribution < 1.29 is 9.53 Å². The molecule has 82 valence electrons. The van der Waals surface area contributed by atoms with Crippen LogP contribution >= 0.6 is 0 Å². The van der Waals surface area contributed by atoms with Gasteiger partial charge in [-0.25, -0.2) is 0 Å². The van der Waals surface area contributed by atoms with Crippen LogP contribution in [0.2, 0.25) is 0 Å². The van der Waals surface area contributed by atoms with E-state index in [2.05, 4.69) is 4.74 Å². The number of anilines is 1. The fraction of sp³-hybridized carbons (Fsp3) is 0.167. The van der Waals surface area contributed by atoms with Crippen molar-refractivity contribution in [2.75, 3.05) is 12.8 Å². The number of nitrogens with two attached hydrogens (primary N) is 1. The lowest BCUT2D eigenvalue weighted by atomic mass is 10.1. The molecule has 2 N–H and O–H groups in total. The molecule has 4 heteroatoms. The molecule has 0 radical (unpaired) electrons. The maximum Gasteiger partial charge on any atom is 0.309 e. The number of carbonyl (C=O) groups excluding carboxylic acids is 1. The van der Waals surface area contributed by atoms with Gasteiger partial charge < -0.3 is 10.5 Å². The van der Waals surface area contributed by atoms with Gasteiger partial charge >= 0.3 is 5.97 Å². The van der Waals surface area contributed by atoms with E-state index >= 15 is 0 Å². The lowest BCUT2D eigenvalue weighted by Crippen LogP contribution is -1.96. The summed E-state index contributed by atoms with van der Waals surface area (Å²) in [6, 6.07) is 7.08. The number of benzene rings is 1. The summed E-state index contributed by atoms with van der Waals surface area (Å²) in [5.41, 5.74) is 7.37. The van der Waals surface area contributed by atoms with Crippen molar-refractivity contribution in [2.24, 2.45) is 0 Å². The molecular weight excluding hydrogens is 204 g/mol. The second kappa shape index (κ2) is 5.56. The van der Waals surface area contributed by atoms with Crippen LogP contribution in [0.3, 0.4) is 0 Å². The Bertz CT molecular complexity index is 459. The Morgan fingerprint density at radius 1 is 1.62 bits per heavy atom. The second-order valence-electron chi connectivity index (χ2n) is 3.14. The molecule has 16 heavy (non-hydrogen) atoms. The largest absolute Gasteiger partial charge is 0.469 e. The lowest BCUT2D eigenvalue weighted by Gasteiger charge is -1.98. The van der Waals surface area contributed by atoms with E-state index in [9.17, 15) is 4.79 Å². The molecule has 0 fully saturated rings. The first kappa shape index (κ1) is 11.8. The van der Waals surface area contributed by atoms with Crippen LogP contribution in [0.25, 0.3) is 6.08 Å². The van der Waals surface area contributed by atoms with Gasteiger partial charge in [-0.1, -0.05) is 18.2 Å². The summed E-state index contributed by atoms with van der Waals surface area (Å²) < 4.78 is 4.49. The molecule has 1 aromatic rings. The number of methoxy groups -OCH3 is 1. The summed E-state index contributed by atoms with van der Waals surface area (Å²) in [7, 11) is 1.34. The van der Waals surface area contributed by atoms with E-state index < -0.39 is 0 Å². The Kier molecular flexibility index (Phi) is 4.10. The van der Waals surface area contributed by atoms with Gasteiger partial charge in [0.2, 0.25) is 0 Å². The third-order valence-electron chi connectivity index (χ3n) is 2.02. The molecule has 0 spiro atoms. The molecule has 0 aromatic heterocycles. The summed E-state index contributed by atoms with van der Waals surface area (Å²) in [4.78, 5) is 10.8. The van der Waals surface area contributed by atoms with E-state index in [-0.39, 0.29) is 12.4 Å². The van der Waals surface area contributed by atoms with E-state index in [0.717, 1.165) is 5.56 Å². The van der Waals surface area contributed by atoms with Crippen LogP contribution < -0.4 is 5.73 Å². The van der Waals surface area contributed by atoms with Gasteiger partial charge in [-0.2, -0.15) is 5.26 Å². The van der Waals surface area contributed by atoms with Gasteiger partial charge in [-0.15, -0.1) is 0 Å². The summed E-state index contributed by atoms with van der Waals surface area (Å²) >= 11 is 0.